The average Bonchev–Trinajstić information content (AvgIpc) is 3.79. The Morgan fingerprint density at radius 2 is 1.78 bits per heavy atom. The van der Waals surface area contributed by atoms with Crippen molar-refractivity contribution in [1.82, 2.24) is 14.8 Å². The molecular formula is C31H41ClN4O10. The van der Waals surface area contributed by atoms with Crippen molar-refractivity contribution in [2.24, 2.45) is 11.8 Å². The molecule has 4 aliphatic rings. The molecule has 14 nitrogen and oxygen atoms in total. The van der Waals surface area contributed by atoms with Gasteiger partial charge < -0.3 is 38.1 Å². The zero-order valence-corrected chi connectivity index (χ0v) is 27.5. The van der Waals surface area contributed by atoms with Crippen molar-refractivity contribution >= 4 is 46.2 Å². The molecular weight excluding hydrogens is 624 g/mol. The molecule has 46 heavy (non-hydrogen) atoms. The molecule has 252 valence electrons. The molecule has 3 aliphatic heterocycles. The minimum Gasteiger partial charge on any atom is -0.464 e. The molecule has 0 N–H and O–H groups in total. The number of carbonyl (C=O) groups is 3. The van der Waals surface area contributed by atoms with Gasteiger partial charge >= 0.3 is 17.9 Å². The maximum atomic E-state index is 12.7. The highest BCUT2D eigenvalue weighted by Gasteiger charge is 2.66. The van der Waals surface area contributed by atoms with Gasteiger partial charge in [0.1, 0.15) is 11.3 Å². The van der Waals surface area contributed by atoms with Crippen molar-refractivity contribution in [3.63, 3.8) is 0 Å². The van der Waals surface area contributed by atoms with E-state index in [1.807, 2.05) is 6.07 Å². The Labute approximate surface area is 271 Å². The number of esters is 3. The number of ether oxygens (including phenoxy) is 7. The normalized spacial score (nSPS) is 30.0. The van der Waals surface area contributed by atoms with Gasteiger partial charge in [-0.15, -0.1) is 0 Å². The number of carbonyl (C=O) groups excluding carboxylic acids is 3. The van der Waals surface area contributed by atoms with E-state index in [2.05, 4.69) is 15.0 Å². The SMILES string of the molecule is CCOC(=O)C(OC[C@H]1O[C@@H](n2ncc3c(N4C[C@H]5CCC[C@H]5C4)cc(Cl)nc32)[C@H](OC(C)=O)C12COC(C)(C)O2)C(=O)OCC. The second-order valence-corrected chi connectivity index (χ2v) is 13.0. The Morgan fingerprint density at radius 1 is 1.11 bits per heavy atom. The first kappa shape index (κ1) is 32.9. The van der Waals surface area contributed by atoms with Crippen molar-refractivity contribution in [2.75, 3.05) is 44.4 Å². The summed E-state index contributed by atoms with van der Waals surface area (Å²) in [5.41, 5.74) is -0.0483. The third-order valence-corrected chi connectivity index (χ3v) is 9.39. The molecule has 6 rings (SSSR count). The molecule has 0 bridgehead atoms. The smallest absolute Gasteiger partial charge is 0.347 e. The van der Waals surface area contributed by atoms with Crippen molar-refractivity contribution in [3.05, 3.63) is 17.4 Å². The topological polar surface area (TPSA) is 150 Å². The van der Waals surface area contributed by atoms with Crippen molar-refractivity contribution in [2.45, 2.75) is 89.8 Å². The first-order valence-corrected chi connectivity index (χ1v) is 16.2. The van der Waals surface area contributed by atoms with Crippen LogP contribution in [-0.2, 0) is 47.5 Å². The lowest BCUT2D eigenvalue weighted by molar-refractivity contribution is -0.203. The number of aromatic nitrogens is 3. The van der Waals surface area contributed by atoms with E-state index in [-0.39, 0.29) is 31.6 Å². The number of nitrogens with zero attached hydrogens (tertiary/aromatic N) is 4. The zero-order valence-electron chi connectivity index (χ0n) is 26.7. The van der Waals surface area contributed by atoms with Crippen LogP contribution in [0.3, 0.4) is 0 Å². The number of anilines is 1. The van der Waals surface area contributed by atoms with Crippen LogP contribution in [0.15, 0.2) is 12.3 Å². The van der Waals surface area contributed by atoms with Crippen LogP contribution in [0.2, 0.25) is 5.15 Å². The average molecular weight is 665 g/mol. The Morgan fingerprint density at radius 3 is 2.37 bits per heavy atom. The number of rotatable bonds is 10. The van der Waals surface area contributed by atoms with Crippen molar-refractivity contribution < 1.29 is 47.5 Å². The third-order valence-electron chi connectivity index (χ3n) is 9.20. The van der Waals surface area contributed by atoms with Gasteiger partial charge in [-0.2, -0.15) is 5.10 Å². The van der Waals surface area contributed by atoms with Crippen LogP contribution >= 0.6 is 11.6 Å². The van der Waals surface area contributed by atoms with Crippen LogP contribution in [0, 0.1) is 11.8 Å². The molecule has 1 saturated carbocycles. The van der Waals surface area contributed by atoms with E-state index in [1.54, 1.807) is 33.9 Å². The third kappa shape index (κ3) is 6.05. The van der Waals surface area contributed by atoms with Gasteiger partial charge in [-0.05, 0) is 58.4 Å². The number of halogens is 1. The molecule has 4 fully saturated rings. The summed E-state index contributed by atoms with van der Waals surface area (Å²) in [4.78, 5) is 44.9. The summed E-state index contributed by atoms with van der Waals surface area (Å²) in [5.74, 6) is -2.18. The molecule has 1 unspecified atom stereocenters. The molecule has 15 heteroatoms. The Kier molecular flexibility index (Phi) is 9.20. The fourth-order valence-electron chi connectivity index (χ4n) is 7.29. The summed E-state index contributed by atoms with van der Waals surface area (Å²) >= 11 is 6.60. The van der Waals surface area contributed by atoms with Gasteiger partial charge in [0, 0.05) is 20.0 Å². The van der Waals surface area contributed by atoms with Gasteiger partial charge in [0.15, 0.2) is 29.4 Å². The lowest BCUT2D eigenvalue weighted by Gasteiger charge is -2.33. The van der Waals surface area contributed by atoms with E-state index in [0.717, 1.165) is 24.2 Å². The molecule has 6 atom stereocenters. The minimum atomic E-state index is -1.67. The second-order valence-electron chi connectivity index (χ2n) is 12.7. The summed E-state index contributed by atoms with van der Waals surface area (Å²) in [6, 6.07) is 1.86. The molecule has 2 aromatic rings. The minimum absolute atomic E-state index is 0.0341. The monoisotopic (exact) mass is 664 g/mol. The summed E-state index contributed by atoms with van der Waals surface area (Å²) in [6.45, 7) is 9.51. The molecule has 0 aromatic carbocycles. The summed E-state index contributed by atoms with van der Waals surface area (Å²) < 4.78 is 42.4. The standard InChI is InChI=1S/C31H41ClN4O10/c1-6-40-28(38)24(29(39)41-7-2)42-15-22-31(16-43-30(4,5)46-31)25(44-17(3)37)27(45-22)36-26-20(12-33-36)21(11-23(32)34-26)35-13-18-9-8-10-19(18)14-35/h11-12,18-19,22,24-25,27H,6-10,13-16H2,1-5H3/t18-,19+,22-,25+,27-,31?/m1/s1. The highest BCUT2D eigenvalue weighted by atomic mass is 35.5. The predicted molar refractivity (Wildman–Crippen MR) is 162 cm³/mol. The first-order chi connectivity index (χ1) is 22.0. The maximum Gasteiger partial charge on any atom is 0.347 e. The number of hydrogen-bond donors (Lipinski definition) is 0. The quantitative estimate of drug-likeness (QED) is 0.158. The van der Waals surface area contributed by atoms with Crippen LogP contribution in [0.5, 0.6) is 0 Å². The fourth-order valence-corrected chi connectivity index (χ4v) is 7.47. The fraction of sp³-hybridized carbons (Fsp3) is 0.710. The van der Waals surface area contributed by atoms with E-state index < -0.39 is 53.8 Å². The van der Waals surface area contributed by atoms with Crippen LogP contribution in [-0.4, -0.2) is 102 Å². The molecule has 5 heterocycles. The molecule has 0 amide bonds. The Balaban J connectivity index is 1.36. The largest absolute Gasteiger partial charge is 0.464 e. The van der Waals surface area contributed by atoms with Gasteiger partial charge in [-0.25, -0.2) is 19.3 Å². The van der Waals surface area contributed by atoms with Gasteiger partial charge in [0.05, 0.1) is 43.7 Å². The van der Waals surface area contributed by atoms with Crippen molar-refractivity contribution in [1.29, 1.82) is 0 Å². The number of pyridine rings is 1. The van der Waals surface area contributed by atoms with Gasteiger partial charge in [0.2, 0.25) is 0 Å². The van der Waals surface area contributed by atoms with Crippen LogP contribution in [0.25, 0.3) is 11.0 Å². The highest BCUT2D eigenvalue weighted by molar-refractivity contribution is 6.30. The van der Waals surface area contributed by atoms with Crippen LogP contribution in [0.4, 0.5) is 5.69 Å². The summed E-state index contributed by atoms with van der Waals surface area (Å²) in [5, 5.41) is 5.73. The lowest BCUT2D eigenvalue weighted by Crippen LogP contribution is -2.54. The van der Waals surface area contributed by atoms with E-state index in [4.69, 9.17) is 44.8 Å². The summed E-state index contributed by atoms with van der Waals surface area (Å²) in [6.07, 6.45) is 0.579. The lowest BCUT2D eigenvalue weighted by atomic mass is 9.92. The number of hydrogen-bond acceptors (Lipinski definition) is 13. The zero-order chi connectivity index (χ0) is 32.8. The molecule has 1 aliphatic carbocycles. The molecule has 3 saturated heterocycles. The van der Waals surface area contributed by atoms with Crippen molar-refractivity contribution in [3.8, 4) is 0 Å². The van der Waals surface area contributed by atoms with Gasteiger partial charge in [-0.3, -0.25) is 4.79 Å². The molecule has 2 aromatic heterocycles. The van der Waals surface area contributed by atoms with Gasteiger partial charge in [-0.1, -0.05) is 18.0 Å². The molecule has 1 spiro atoms. The van der Waals surface area contributed by atoms with E-state index >= 15 is 0 Å². The highest BCUT2D eigenvalue weighted by Crippen LogP contribution is 2.49. The van der Waals surface area contributed by atoms with Crippen LogP contribution in [0.1, 0.15) is 60.1 Å². The van der Waals surface area contributed by atoms with E-state index in [9.17, 15) is 14.4 Å². The summed E-state index contributed by atoms with van der Waals surface area (Å²) in [7, 11) is 0. The first-order valence-electron chi connectivity index (χ1n) is 15.9. The Hall–Kier alpha value is -3.04. The predicted octanol–water partition coefficient (Wildman–Crippen LogP) is 3.18. The Bertz CT molecular complexity index is 1450. The second kappa shape index (κ2) is 12.9. The van der Waals surface area contributed by atoms with Gasteiger partial charge in [0.25, 0.3) is 6.10 Å². The number of fused-ring (bicyclic) bond motifs is 2. The molecule has 0 radical (unpaired) electrons. The maximum absolute atomic E-state index is 12.7. The van der Waals surface area contributed by atoms with E-state index in [1.165, 1.54) is 30.9 Å². The van der Waals surface area contributed by atoms with Crippen LogP contribution < -0.4 is 4.90 Å². The van der Waals surface area contributed by atoms with E-state index in [0.29, 0.717) is 17.5 Å².